The lowest BCUT2D eigenvalue weighted by Crippen LogP contribution is -1.85. The third kappa shape index (κ3) is 12.5. The Balaban J connectivity index is 0. The summed E-state index contributed by atoms with van der Waals surface area (Å²) in [6.45, 7) is 5.84. The molecule has 5 heteroatoms. The zero-order chi connectivity index (χ0) is 9.33. The Bertz CT molecular complexity index is 177. The first-order valence-electron chi connectivity index (χ1n) is 2.75. The van der Waals surface area contributed by atoms with Gasteiger partial charge in [0.1, 0.15) is 0 Å². The van der Waals surface area contributed by atoms with Gasteiger partial charge >= 0.3 is 0 Å². The Morgan fingerprint density at radius 3 is 1.36 bits per heavy atom. The predicted molar refractivity (Wildman–Crippen MR) is 43.5 cm³/mol. The molecule has 0 aliphatic carbocycles. The Morgan fingerprint density at radius 1 is 1.09 bits per heavy atom. The monoisotopic (exact) mass is 180 g/mol. The number of hydrogen-bond acceptors (Lipinski definition) is 4. The van der Waals surface area contributed by atoms with Crippen LogP contribution in [0.1, 0.15) is 0 Å². The Morgan fingerprint density at radius 2 is 1.36 bits per heavy atom. The first-order chi connectivity index (χ1) is 5.04. The molecule has 4 nitrogen and oxygen atoms in total. The van der Waals surface area contributed by atoms with Crippen LogP contribution >= 0.6 is 0 Å². The van der Waals surface area contributed by atoms with Crippen molar-refractivity contribution in [3.63, 3.8) is 0 Å². The molecule has 0 amide bonds. The second kappa shape index (κ2) is 7.46. The van der Waals surface area contributed by atoms with Crippen LogP contribution in [0.4, 0.5) is 0 Å². The zero-order valence-electron chi connectivity index (χ0n) is 6.10. The summed E-state index contributed by atoms with van der Waals surface area (Å²) in [6, 6.07) is 0. The maximum Gasteiger partial charge on any atom is 0.191 e. The van der Waals surface area contributed by atoms with E-state index in [1.54, 1.807) is 0 Å². The van der Waals surface area contributed by atoms with Gasteiger partial charge in [-0.3, -0.25) is 0 Å². The maximum absolute atomic E-state index is 10.1. The van der Waals surface area contributed by atoms with Crippen molar-refractivity contribution < 1.29 is 18.6 Å². The minimum Gasteiger partial charge on any atom is -0.394 e. The second-order valence-corrected chi connectivity index (χ2v) is 3.21. The molecular formula is C6H12O4S. The molecule has 0 heterocycles. The van der Waals surface area contributed by atoms with Gasteiger partial charge in [0.05, 0.1) is 13.2 Å². The van der Waals surface area contributed by atoms with Crippen molar-refractivity contribution in [1.82, 2.24) is 0 Å². The van der Waals surface area contributed by atoms with Crippen molar-refractivity contribution in [1.29, 1.82) is 0 Å². The third-order valence-corrected chi connectivity index (χ3v) is 1.49. The van der Waals surface area contributed by atoms with Gasteiger partial charge in [0.15, 0.2) is 9.84 Å². The number of aliphatic hydroxyl groups excluding tert-OH is 2. The van der Waals surface area contributed by atoms with Gasteiger partial charge in [0, 0.05) is 10.8 Å². The second-order valence-electron chi connectivity index (χ2n) is 1.37. The Kier molecular flexibility index (Phi) is 8.80. The quantitative estimate of drug-likeness (QED) is 0.623. The van der Waals surface area contributed by atoms with Gasteiger partial charge in [-0.15, -0.1) is 0 Å². The standard InChI is InChI=1S/C4H6O2S.C2H6O2/c1-3-7(5,6)4-2;3-1-2-4/h3-4H,1-2H2;3-4H,1-2H2. The normalized spacial score (nSPS) is 9.27. The molecule has 0 atom stereocenters. The van der Waals surface area contributed by atoms with E-state index in [1.807, 2.05) is 0 Å². The van der Waals surface area contributed by atoms with Gasteiger partial charge in [-0.1, -0.05) is 13.2 Å². The molecule has 0 aromatic heterocycles. The van der Waals surface area contributed by atoms with Crippen molar-refractivity contribution in [2.24, 2.45) is 0 Å². The molecule has 0 aliphatic rings. The van der Waals surface area contributed by atoms with E-state index in [0.29, 0.717) is 0 Å². The largest absolute Gasteiger partial charge is 0.394 e. The molecule has 0 spiro atoms. The molecule has 66 valence electrons. The molecule has 0 saturated heterocycles. The van der Waals surface area contributed by atoms with Gasteiger partial charge in [0.2, 0.25) is 0 Å². The van der Waals surface area contributed by atoms with E-state index in [0.717, 1.165) is 10.8 Å². The highest BCUT2D eigenvalue weighted by molar-refractivity contribution is 7.97. The predicted octanol–water partition coefficient (Wildman–Crippen LogP) is -0.341. The van der Waals surface area contributed by atoms with Crippen LogP contribution in [0.5, 0.6) is 0 Å². The molecule has 2 N–H and O–H groups in total. The summed E-state index contributed by atoms with van der Waals surface area (Å²) in [7, 11) is -3.13. The molecule has 0 rings (SSSR count). The van der Waals surface area contributed by atoms with Crippen LogP contribution < -0.4 is 0 Å². The lowest BCUT2D eigenvalue weighted by Gasteiger charge is -1.78. The fraction of sp³-hybridized carbons (Fsp3) is 0.333. The van der Waals surface area contributed by atoms with Crippen LogP contribution in [0.3, 0.4) is 0 Å². The molecule has 0 saturated carbocycles. The summed E-state index contributed by atoms with van der Waals surface area (Å²) < 4.78 is 20.3. The molecule has 0 fully saturated rings. The summed E-state index contributed by atoms with van der Waals surface area (Å²) in [5.74, 6) is 0. The van der Waals surface area contributed by atoms with Gasteiger partial charge in [-0.05, 0) is 0 Å². The zero-order valence-corrected chi connectivity index (χ0v) is 6.92. The van der Waals surface area contributed by atoms with Crippen molar-refractivity contribution in [2.75, 3.05) is 13.2 Å². The summed E-state index contributed by atoms with van der Waals surface area (Å²) in [5.41, 5.74) is 0. The van der Waals surface area contributed by atoms with Gasteiger partial charge in [0.25, 0.3) is 0 Å². The van der Waals surface area contributed by atoms with Crippen molar-refractivity contribution >= 4 is 9.84 Å². The van der Waals surface area contributed by atoms with Crippen molar-refractivity contribution in [3.05, 3.63) is 24.0 Å². The number of rotatable bonds is 3. The smallest absolute Gasteiger partial charge is 0.191 e. The lowest BCUT2D eigenvalue weighted by molar-refractivity contribution is 0.186. The number of aliphatic hydroxyl groups is 2. The van der Waals surface area contributed by atoms with Crippen LogP contribution in [0.15, 0.2) is 24.0 Å². The van der Waals surface area contributed by atoms with E-state index >= 15 is 0 Å². The minimum absolute atomic E-state index is 0.125. The highest BCUT2D eigenvalue weighted by Crippen LogP contribution is 1.87. The molecule has 0 unspecified atom stereocenters. The molecule has 11 heavy (non-hydrogen) atoms. The van der Waals surface area contributed by atoms with E-state index in [4.69, 9.17) is 10.2 Å². The minimum atomic E-state index is -3.13. The first-order valence-corrected chi connectivity index (χ1v) is 4.36. The fourth-order valence-electron chi connectivity index (χ4n) is 0.0680. The first kappa shape index (κ1) is 13.0. The average Bonchev–Trinajstić information content (AvgIpc) is 2.05. The average molecular weight is 180 g/mol. The Labute approximate surface area is 66.4 Å². The van der Waals surface area contributed by atoms with Crippen molar-refractivity contribution in [3.8, 4) is 0 Å². The Hall–Kier alpha value is -0.650. The van der Waals surface area contributed by atoms with E-state index in [2.05, 4.69) is 13.2 Å². The van der Waals surface area contributed by atoms with Crippen LogP contribution in [0.25, 0.3) is 0 Å². The summed E-state index contributed by atoms with van der Waals surface area (Å²) in [6.07, 6.45) is 0. The molecular weight excluding hydrogens is 168 g/mol. The van der Waals surface area contributed by atoms with Crippen molar-refractivity contribution in [2.45, 2.75) is 0 Å². The van der Waals surface area contributed by atoms with Gasteiger partial charge < -0.3 is 10.2 Å². The van der Waals surface area contributed by atoms with Gasteiger partial charge in [-0.2, -0.15) is 0 Å². The summed E-state index contributed by atoms with van der Waals surface area (Å²) in [5, 5.41) is 16.9. The van der Waals surface area contributed by atoms with Crippen LogP contribution in [0.2, 0.25) is 0 Å². The SMILES string of the molecule is C=CS(=O)(=O)C=C.OCCO. The number of sulfone groups is 1. The molecule has 0 aromatic rings. The number of hydrogen-bond donors (Lipinski definition) is 2. The summed E-state index contributed by atoms with van der Waals surface area (Å²) >= 11 is 0. The van der Waals surface area contributed by atoms with Crippen LogP contribution in [-0.4, -0.2) is 31.8 Å². The van der Waals surface area contributed by atoms with E-state index in [9.17, 15) is 8.42 Å². The van der Waals surface area contributed by atoms with E-state index in [-0.39, 0.29) is 13.2 Å². The van der Waals surface area contributed by atoms with Crippen LogP contribution in [0, 0.1) is 0 Å². The molecule has 0 aliphatic heterocycles. The molecule has 0 radical (unpaired) electrons. The van der Waals surface area contributed by atoms with Gasteiger partial charge in [-0.25, -0.2) is 8.42 Å². The maximum atomic E-state index is 10.1. The molecule has 0 aromatic carbocycles. The topological polar surface area (TPSA) is 74.6 Å². The third-order valence-electron chi connectivity index (χ3n) is 0.565. The fourth-order valence-corrected chi connectivity index (χ4v) is 0.204. The van der Waals surface area contributed by atoms with E-state index in [1.165, 1.54) is 0 Å². The highest BCUT2D eigenvalue weighted by Gasteiger charge is 1.90. The summed E-state index contributed by atoms with van der Waals surface area (Å²) in [4.78, 5) is 0. The molecule has 0 bridgehead atoms. The van der Waals surface area contributed by atoms with Crippen LogP contribution in [-0.2, 0) is 9.84 Å². The lowest BCUT2D eigenvalue weighted by atomic mass is 10.8. The van der Waals surface area contributed by atoms with E-state index < -0.39 is 9.84 Å². The highest BCUT2D eigenvalue weighted by atomic mass is 32.2.